The van der Waals surface area contributed by atoms with E-state index in [1.54, 1.807) is 10.9 Å². The highest BCUT2D eigenvalue weighted by Gasteiger charge is 2.18. The molecule has 0 aliphatic carbocycles. The molecule has 106 valence electrons. The van der Waals surface area contributed by atoms with E-state index in [2.05, 4.69) is 4.98 Å². The zero-order valence-corrected chi connectivity index (χ0v) is 11.0. The van der Waals surface area contributed by atoms with Crippen LogP contribution in [0.25, 0.3) is 10.9 Å². The molecule has 0 fully saturated rings. The van der Waals surface area contributed by atoms with Crippen molar-refractivity contribution in [2.45, 2.75) is 0 Å². The summed E-state index contributed by atoms with van der Waals surface area (Å²) in [7, 11) is 0. The van der Waals surface area contributed by atoms with Crippen LogP contribution in [0.1, 0.15) is 0 Å². The van der Waals surface area contributed by atoms with Gasteiger partial charge in [0.1, 0.15) is 6.54 Å². The molecular formula is C15H12FN3O2. The van der Waals surface area contributed by atoms with E-state index in [9.17, 15) is 9.18 Å². The number of fused-ring (bicyclic) bond motifs is 1. The number of nitrogens with zero attached hydrogens (tertiary/aromatic N) is 3. The van der Waals surface area contributed by atoms with Crippen molar-refractivity contribution in [2.24, 2.45) is 0 Å². The highest BCUT2D eigenvalue weighted by Crippen LogP contribution is 2.23. The largest absolute Gasteiger partial charge is 0.480 e. The predicted octanol–water partition coefficient (Wildman–Crippen LogP) is 2.53. The number of anilines is 1. The van der Waals surface area contributed by atoms with Crippen LogP contribution in [0.15, 0.2) is 55.0 Å². The molecule has 5 nitrogen and oxygen atoms in total. The van der Waals surface area contributed by atoms with E-state index >= 15 is 0 Å². The van der Waals surface area contributed by atoms with Crippen molar-refractivity contribution in [1.29, 1.82) is 0 Å². The smallest absolute Gasteiger partial charge is 0.325 e. The summed E-state index contributed by atoms with van der Waals surface area (Å²) < 4.78 is 15.6. The fourth-order valence-corrected chi connectivity index (χ4v) is 2.26. The first kappa shape index (κ1) is 13.1. The molecule has 0 saturated heterocycles. The highest BCUT2D eigenvalue weighted by atomic mass is 19.1. The molecule has 21 heavy (non-hydrogen) atoms. The standard InChI is InChI=1S/C15H12FN3O2/c16-12-9-17-7-5-14(12)19(10-15(20)21)18-8-6-11-3-1-2-4-13(11)18/h1-9H,10H2,(H,20,21). The van der Waals surface area contributed by atoms with Crippen LogP contribution in [0.2, 0.25) is 0 Å². The van der Waals surface area contributed by atoms with Gasteiger partial charge in [-0.3, -0.25) is 19.5 Å². The lowest BCUT2D eigenvalue weighted by Crippen LogP contribution is -2.34. The lowest BCUT2D eigenvalue weighted by atomic mass is 10.2. The van der Waals surface area contributed by atoms with Gasteiger partial charge >= 0.3 is 5.97 Å². The molecule has 2 heterocycles. The Kier molecular flexibility index (Phi) is 3.27. The molecule has 0 aliphatic heterocycles. The number of rotatable bonds is 4. The average molecular weight is 285 g/mol. The Morgan fingerprint density at radius 3 is 2.86 bits per heavy atom. The van der Waals surface area contributed by atoms with Crippen molar-refractivity contribution in [2.75, 3.05) is 11.6 Å². The molecule has 0 amide bonds. The number of halogens is 1. The molecule has 1 aromatic carbocycles. The van der Waals surface area contributed by atoms with E-state index in [0.717, 1.165) is 17.1 Å². The molecule has 0 bridgehead atoms. The maximum absolute atomic E-state index is 14.0. The average Bonchev–Trinajstić information content (AvgIpc) is 2.89. The lowest BCUT2D eigenvalue weighted by molar-refractivity contribution is -0.135. The summed E-state index contributed by atoms with van der Waals surface area (Å²) in [4.78, 5) is 14.8. The lowest BCUT2D eigenvalue weighted by Gasteiger charge is -2.25. The predicted molar refractivity (Wildman–Crippen MR) is 76.5 cm³/mol. The molecule has 1 N–H and O–H groups in total. The molecule has 6 heteroatoms. The second kappa shape index (κ2) is 5.24. The number of benzene rings is 1. The van der Waals surface area contributed by atoms with Crippen LogP contribution in [0.5, 0.6) is 0 Å². The SMILES string of the molecule is O=C(O)CN(c1ccncc1F)n1ccc2ccccc21. The van der Waals surface area contributed by atoms with Crippen molar-refractivity contribution in [3.05, 3.63) is 60.8 Å². The summed E-state index contributed by atoms with van der Waals surface area (Å²) in [5.74, 6) is -1.62. The zero-order chi connectivity index (χ0) is 14.8. The van der Waals surface area contributed by atoms with Gasteiger partial charge in [0.25, 0.3) is 0 Å². The van der Waals surface area contributed by atoms with Gasteiger partial charge in [0.15, 0.2) is 5.82 Å². The van der Waals surface area contributed by atoms with Gasteiger partial charge in [-0.25, -0.2) is 4.39 Å². The Labute approximate surface area is 119 Å². The Morgan fingerprint density at radius 1 is 1.29 bits per heavy atom. The number of para-hydroxylation sites is 1. The van der Waals surface area contributed by atoms with E-state index in [1.807, 2.05) is 30.3 Å². The van der Waals surface area contributed by atoms with Gasteiger partial charge in [-0.15, -0.1) is 0 Å². The minimum absolute atomic E-state index is 0.161. The van der Waals surface area contributed by atoms with Crippen LogP contribution in [0.4, 0.5) is 10.1 Å². The van der Waals surface area contributed by atoms with Crippen LogP contribution in [0, 0.1) is 5.82 Å². The number of carboxylic acid groups (broad SMARTS) is 1. The summed E-state index contributed by atoms with van der Waals surface area (Å²) in [5, 5.41) is 11.4. The topological polar surface area (TPSA) is 58.4 Å². The van der Waals surface area contributed by atoms with Gasteiger partial charge in [-0.05, 0) is 18.2 Å². The third-order valence-corrected chi connectivity index (χ3v) is 3.15. The van der Waals surface area contributed by atoms with Crippen molar-refractivity contribution in [3.63, 3.8) is 0 Å². The molecule has 0 radical (unpaired) electrons. The number of hydrogen-bond donors (Lipinski definition) is 1. The van der Waals surface area contributed by atoms with Crippen LogP contribution < -0.4 is 5.01 Å². The molecule has 0 saturated carbocycles. The molecule has 3 rings (SSSR count). The maximum atomic E-state index is 14.0. The molecule has 0 spiro atoms. The van der Waals surface area contributed by atoms with Crippen molar-refractivity contribution in [1.82, 2.24) is 9.66 Å². The Balaban J connectivity index is 2.16. The number of carboxylic acids is 1. The minimum atomic E-state index is -1.05. The Bertz CT molecular complexity index is 800. The fourth-order valence-electron chi connectivity index (χ4n) is 2.26. The van der Waals surface area contributed by atoms with E-state index in [-0.39, 0.29) is 12.2 Å². The van der Waals surface area contributed by atoms with E-state index < -0.39 is 11.8 Å². The van der Waals surface area contributed by atoms with Crippen LogP contribution >= 0.6 is 0 Å². The summed E-state index contributed by atoms with van der Waals surface area (Å²) in [6, 6.07) is 10.8. The third-order valence-electron chi connectivity index (χ3n) is 3.15. The van der Waals surface area contributed by atoms with Gasteiger partial charge in [0.05, 0.1) is 17.4 Å². The second-order valence-electron chi connectivity index (χ2n) is 4.50. The summed E-state index contributed by atoms with van der Waals surface area (Å²) in [6.07, 6.45) is 4.21. The quantitative estimate of drug-likeness (QED) is 0.800. The zero-order valence-electron chi connectivity index (χ0n) is 11.0. The summed E-state index contributed by atoms with van der Waals surface area (Å²) >= 11 is 0. The van der Waals surface area contributed by atoms with E-state index in [1.165, 1.54) is 17.3 Å². The van der Waals surface area contributed by atoms with Gasteiger partial charge in [0.2, 0.25) is 0 Å². The maximum Gasteiger partial charge on any atom is 0.325 e. The number of aliphatic carboxylic acids is 1. The van der Waals surface area contributed by atoms with Crippen molar-refractivity contribution >= 4 is 22.6 Å². The van der Waals surface area contributed by atoms with Crippen LogP contribution in [-0.4, -0.2) is 27.3 Å². The second-order valence-corrected chi connectivity index (χ2v) is 4.50. The molecular weight excluding hydrogens is 273 g/mol. The highest BCUT2D eigenvalue weighted by molar-refractivity contribution is 5.82. The van der Waals surface area contributed by atoms with Gasteiger partial charge in [-0.1, -0.05) is 18.2 Å². The van der Waals surface area contributed by atoms with Crippen LogP contribution in [-0.2, 0) is 4.79 Å². The molecule has 0 aliphatic rings. The first-order valence-corrected chi connectivity index (χ1v) is 6.32. The fraction of sp³-hybridized carbons (Fsp3) is 0.0667. The summed E-state index contributed by atoms with van der Waals surface area (Å²) in [5.41, 5.74) is 0.962. The first-order valence-electron chi connectivity index (χ1n) is 6.32. The molecule has 3 aromatic rings. The molecule has 0 atom stereocenters. The first-order chi connectivity index (χ1) is 10.2. The van der Waals surface area contributed by atoms with Crippen molar-refractivity contribution in [3.8, 4) is 0 Å². The Morgan fingerprint density at radius 2 is 2.10 bits per heavy atom. The molecule has 0 unspecified atom stereocenters. The number of aromatic nitrogens is 2. The van der Waals surface area contributed by atoms with E-state index in [4.69, 9.17) is 5.11 Å². The van der Waals surface area contributed by atoms with Crippen LogP contribution in [0.3, 0.4) is 0 Å². The van der Waals surface area contributed by atoms with Gasteiger partial charge in [0, 0.05) is 17.8 Å². The third kappa shape index (κ3) is 2.43. The number of hydrogen-bond acceptors (Lipinski definition) is 3. The van der Waals surface area contributed by atoms with Crippen molar-refractivity contribution < 1.29 is 14.3 Å². The van der Waals surface area contributed by atoms with E-state index in [0.29, 0.717) is 0 Å². The monoisotopic (exact) mass is 285 g/mol. The van der Waals surface area contributed by atoms with Gasteiger partial charge in [-0.2, -0.15) is 0 Å². The summed E-state index contributed by atoms with van der Waals surface area (Å²) in [6.45, 7) is -0.362. The number of pyridine rings is 1. The molecule has 2 aromatic heterocycles. The minimum Gasteiger partial charge on any atom is -0.480 e. The van der Waals surface area contributed by atoms with Gasteiger partial charge < -0.3 is 5.11 Å². The number of carbonyl (C=O) groups is 1. The Hall–Kier alpha value is -2.89. The normalized spacial score (nSPS) is 10.7.